The molecule has 0 amide bonds. The molecule has 0 spiro atoms. The fraction of sp³-hybridized carbons (Fsp3) is 0.562. The van der Waals surface area contributed by atoms with Gasteiger partial charge in [0.2, 0.25) is 0 Å². The van der Waals surface area contributed by atoms with E-state index in [0.29, 0.717) is 23.4 Å². The van der Waals surface area contributed by atoms with Crippen molar-refractivity contribution >= 4 is 33.2 Å². The van der Waals surface area contributed by atoms with Crippen molar-refractivity contribution in [1.29, 1.82) is 0 Å². The molecule has 0 saturated heterocycles. The summed E-state index contributed by atoms with van der Waals surface area (Å²) < 4.78 is 8.10. The Morgan fingerprint density at radius 1 is 1.52 bits per heavy atom. The fourth-order valence-corrected chi connectivity index (χ4v) is 3.70. The molecule has 1 unspecified atom stereocenters. The molecule has 1 atom stereocenters. The monoisotopic (exact) mass is 380 g/mol. The van der Waals surface area contributed by atoms with Gasteiger partial charge in [0.25, 0.3) is 0 Å². The van der Waals surface area contributed by atoms with Gasteiger partial charge >= 0.3 is 5.97 Å². The molecule has 1 fully saturated rings. The third kappa shape index (κ3) is 3.49. The first-order chi connectivity index (χ1) is 11.1. The zero-order valence-corrected chi connectivity index (χ0v) is 14.8. The van der Waals surface area contributed by atoms with Crippen molar-refractivity contribution in [2.75, 3.05) is 12.3 Å². The van der Waals surface area contributed by atoms with Crippen molar-refractivity contribution in [2.24, 2.45) is 11.8 Å². The Kier molecular flexibility index (Phi) is 4.84. The molecule has 0 radical (unpaired) electrons. The average Bonchev–Trinajstić information content (AvgIpc) is 3.15. The molecule has 6 nitrogen and oxygen atoms in total. The molecule has 0 aliphatic heterocycles. The number of anilines is 1. The van der Waals surface area contributed by atoms with Gasteiger partial charge in [0.15, 0.2) is 5.82 Å². The Bertz CT molecular complexity index is 709. The van der Waals surface area contributed by atoms with Crippen LogP contribution < -0.4 is 5.73 Å². The summed E-state index contributed by atoms with van der Waals surface area (Å²) >= 11 is 3.43. The Morgan fingerprint density at radius 2 is 2.26 bits per heavy atom. The van der Waals surface area contributed by atoms with Gasteiger partial charge in [0.05, 0.1) is 12.5 Å². The number of carbonyl (C=O) groups excluding carboxylic acids is 1. The highest BCUT2D eigenvalue weighted by molar-refractivity contribution is 9.10. The Morgan fingerprint density at radius 3 is 3.00 bits per heavy atom. The number of carbonyl (C=O) groups is 1. The highest BCUT2D eigenvalue weighted by Crippen LogP contribution is 2.26. The van der Waals surface area contributed by atoms with Crippen LogP contribution in [0.3, 0.4) is 0 Å². The Hall–Kier alpha value is -1.63. The summed E-state index contributed by atoms with van der Waals surface area (Å²) in [6.07, 6.45) is 8.42. The maximum atomic E-state index is 12.0. The number of nitrogens with two attached hydrogens (primary N) is 1. The molecule has 1 aliphatic rings. The van der Waals surface area contributed by atoms with E-state index >= 15 is 0 Å². The largest absolute Gasteiger partial charge is 0.465 e. The summed E-state index contributed by atoms with van der Waals surface area (Å²) in [6.45, 7) is 2.48. The number of esters is 1. The van der Waals surface area contributed by atoms with E-state index in [2.05, 4.69) is 32.8 Å². The number of rotatable bonds is 5. The van der Waals surface area contributed by atoms with Crippen LogP contribution in [0.5, 0.6) is 0 Å². The van der Waals surface area contributed by atoms with Crippen LogP contribution in [0, 0.1) is 11.8 Å². The second-order valence-corrected chi connectivity index (χ2v) is 7.02. The normalized spacial score (nSPS) is 16.8. The lowest BCUT2D eigenvalue weighted by Crippen LogP contribution is -2.19. The van der Waals surface area contributed by atoms with Crippen LogP contribution in [-0.4, -0.2) is 26.9 Å². The van der Waals surface area contributed by atoms with Gasteiger partial charge in [-0.05, 0) is 34.7 Å². The number of aromatic nitrogens is 3. The molecule has 2 heterocycles. The Balaban J connectivity index is 1.63. The number of halogens is 1. The molecule has 7 heteroatoms. The zero-order valence-electron chi connectivity index (χ0n) is 13.2. The maximum Gasteiger partial charge on any atom is 0.308 e. The van der Waals surface area contributed by atoms with Gasteiger partial charge < -0.3 is 10.5 Å². The summed E-state index contributed by atoms with van der Waals surface area (Å²) in [5.74, 6) is 1.57. The second kappa shape index (κ2) is 6.86. The zero-order chi connectivity index (χ0) is 16.4. The van der Waals surface area contributed by atoms with Gasteiger partial charge in [-0.1, -0.05) is 19.8 Å². The van der Waals surface area contributed by atoms with Crippen molar-refractivity contribution < 1.29 is 9.53 Å². The average molecular weight is 381 g/mol. The van der Waals surface area contributed by atoms with Crippen LogP contribution in [0.25, 0.3) is 5.52 Å². The van der Waals surface area contributed by atoms with Crippen molar-refractivity contribution in [2.45, 2.75) is 39.0 Å². The number of nitrogens with zero attached hydrogens (tertiary/aromatic N) is 3. The second-order valence-electron chi connectivity index (χ2n) is 6.27. The van der Waals surface area contributed by atoms with Crippen LogP contribution in [-0.2, 0) is 16.0 Å². The number of hydrogen-bond acceptors (Lipinski definition) is 5. The molecule has 2 aromatic rings. The summed E-state index contributed by atoms with van der Waals surface area (Å²) in [5.41, 5.74) is 6.67. The Labute approximate surface area is 143 Å². The number of fused-ring (bicyclic) bond motifs is 1. The molecule has 2 aromatic heterocycles. The summed E-state index contributed by atoms with van der Waals surface area (Å²) in [6, 6.07) is 0. The predicted molar refractivity (Wildman–Crippen MR) is 90.9 cm³/mol. The minimum absolute atomic E-state index is 0.0445. The van der Waals surface area contributed by atoms with Crippen LogP contribution in [0.15, 0.2) is 17.0 Å². The van der Waals surface area contributed by atoms with E-state index in [1.807, 2.05) is 10.6 Å². The van der Waals surface area contributed by atoms with E-state index in [1.54, 1.807) is 6.20 Å². The van der Waals surface area contributed by atoms with Crippen LogP contribution >= 0.6 is 15.9 Å². The van der Waals surface area contributed by atoms with E-state index in [1.165, 1.54) is 0 Å². The SMILES string of the molecule is CC(COC(=O)C1CCCC1)Cc1nc(Br)c2c(N)nccn12. The molecular weight excluding hydrogens is 360 g/mol. The van der Waals surface area contributed by atoms with Gasteiger partial charge in [0.1, 0.15) is 15.9 Å². The maximum absolute atomic E-state index is 12.0. The molecule has 23 heavy (non-hydrogen) atoms. The summed E-state index contributed by atoms with van der Waals surface area (Å²) in [4.78, 5) is 20.6. The molecule has 0 bridgehead atoms. The van der Waals surface area contributed by atoms with Crippen LogP contribution in [0.4, 0.5) is 5.82 Å². The quantitative estimate of drug-likeness (QED) is 0.806. The van der Waals surface area contributed by atoms with E-state index in [-0.39, 0.29) is 17.8 Å². The summed E-state index contributed by atoms with van der Waals surface area (Å²) in [7, 11) is 0. The standard InChI is InChI=1S/C16H21BrN4O2/c1-10(9-23-16(22)11-4-2-3-5-11)8-12-20-14(17)13-15(18)19-6-7-21(12)13/h6-7,10-11H,2-5,8-9H2,1H3,(H2,18,19). The third-order valence-corrected chi connectivity index (χ3v) is 4.90. The van der Waals surface area contributed by atoms with E-state index in [0.717, 1.165) is 37.0 Å². The van der Waals surface area contributed by atoms with Crippen molar-refractivity contribution in [1.82, 2.24) is 14.4 Å². The van der Waals surface area contributed by atoms with Crippen molar-refractivity contribution in [3.05, 3.63) is 22.8 Å². The first-order valence-corrected chi connectivity index (χ1v) is 8.79. The summed E-state index contributed by atoms with van der Waals surface area (Å²) in [5, 5.41) is 0. The van der Waals surface area contributed by atoms with E-state index in [4.69, 9.17) is 10.5 Å². The lowest BCUT2D eigenvalue weighted by molar-refractivity contribution is -0.149. The first kappa shape index (κ1) is 16.2. The molecule has 0 aromatic carbocycles. The first-order valence-electron chi connectivity index (χ1n) is 7.99. The fourth-order valence-electron chi connectivity index (χ4n) is 3.10. The number of nitrogen functional groups attached to an aromatic ring is 1. The number of ether oxygens (including phenoxy) is 1. The minimum Gasteiger partial charge on any atom is -0.465 e. The van der Waals surface area contributed by atoms with Crippen molar-refractivity contribution in [3.63, 3.8) is 0 Å². The topological polar surface area (TPSA) is 82.5 Å². The molecule has 3 rings (SSSR count). The number of imidazole rings is 1. The number of hydrogen-bond donors (Lipinski definition) is 1. The molecule has 1 saturated carbocycles. The van der Waals surface area contributed by atoms with Gasteiger partial charge in [-0.25, -0.2) is 9.97 Å². The smallest absolute Gasteiger partial charge is 0.308 e. The lowest BCUT2D eigenvalue weighted by atomic mass is 10.1. The predicted octanol–water partition coefficient (Wildman–Crippen LogP) is 2.99. The highest BCUT2D eigenvalue weighted by Gasteiger charge is 2.24. The minimum atomic E-state index is -0.0445. The van der Waals surface area contributed by atoms with Gasteiger partial charge in [0, 0.05) is 18.8 Å². The molecule has 124 valence electrons. The molecule has 2 N–H and O–H groups in total. The van der Waals surface area contributed by atoms with Gasteiger partial charge in [-0.3, -0.25) is 9.20 Å². The van der Waals surface area contributed by atoms with Crippen LogP contribution in [0.2, 0.25) is 0 Å². The third-order valence-electron chi connectivity index (χ3n) is 4.34. The molecular formula is C16H21BrN4O2. The van der Waals surface area contributed by atoms with Gasteiger partial charge in [-0.2, -0.15) is 0 Å². The lowest BCUT2D eigenvalue weighted by Gasteiger charge is -2.14. The van der Waals surface area contributed by atoms with Gasteiger partial charge in [-0.15, -0.1) is 0 Å². The van der Waals surface area contributed by atoms with E-state index in [9.17, 15) is 4.79 Å². The van der Waals surface area contributed by atoms with Crippen LogP contribution in [0.1, 0.15) is 38.4 Å². The highest BCUT2D eigenvalue weighted by atomic mass is 79.9. The van der Waals surface area contributed by atoms with E-state index < -0.39 is 0 Å². The van der Waals surface area contributed by atoms with Crippen molar-refractivity contribution in [3.8, 4) is 0 Å². The molecule has 1 aliphatic carbocycles.